The van der Waals surface area contributed by atoms with Gasteiger partial charge in [0.15, 0.2) is 5.78 Å². The molecule has 1 aromatic rings. The Morgan fingerprint density at radius 1 is 1.26 bits per heavy atom. The van der Waals surface area contributed by atoms with E-state index in [-0.39, 0.29) is 24.7 Å². The van der Waals surface area contributed by atoms with E-state index >= 15 is 0 Å². The van der Waals surface area contributed by atoms with Crippen molar-refractivity contribution in [3.8, 4) is 0 Å². The molecule has 5 nitrogen and oxygen atoms in total. The summed E-state index contributed by atoms with van der Waals surface area (Å²) >= 11 is 0. The lowest BCUT2D eigenvalue weighted by molar-refractivity contribution is -0.150. The maximum Gasteiger partial charge on any atom is 0.222 e. The van der Waals surface area contributed by atoms with Crippen LogP contribution in [0.5, 0.6) is 0 Å². The van der Waals surface area contributed by atoms with Gasteiger partial charge in [0, 0.05) is 31.5 Å². The number of piperidine rings is 1. The minimum atomic E-state index is -1.08. The number of likely N-dealkylation sites (tertiary alicyclic amines) is 1. The normalized spacial score (nSPS) is 24.5. The Kier molecular flexibility index (Phi) is 5.91. The molecule has 0 unspecified atom stereocenters. The number of Topliss-reactive ketones (excluding diaryl/α,β-unsaturated/α-hetero) is 1. The largest absolute Gasteiger partial charge is 0.388 e. The summed E-state index contributed by atoms with van der Waals surface area (Å²) in [6, 6.07) is 9.05. The summed E-state index contributed by atoms with van der Waals surface area (Å²) in [5.74, 6) is -0.0273. The molecule has 2 atom stereocenters. The SMILES string of the molecule is CC[C@@]1(O)CCN(C(=O)CCCC(=O)c2ccccc2)C[C@H]1O. The lowest BCUT2D eigenvalue weighted by atomic mass is 9.86. The predicted molar refractivity (Wildman–Crippen MR) is 87.1 cm³/mol. The topological polar surface area (TPSA) is 77.8 Å². The third-order valence-corrected chi connectivity index (χ3v) is 4.68. The second kappa shape index (κ2) is 7.70. The van der Waals surface area contributed by atoms with Crippen molar-refractivity contribution in [2.24, 2.45) is 0 Å². The van der Waals surface area contributed by atoms with Gasteiger partial charge < -0.3 is 15.1 Å². The average molecular weight is 319 g/mol. The molecule has 1 aliphatic rings. The van der Waals surface area contributed by atoms with E-state index in [0.717, 1.165) is 0 Å². The van der Waals surface area contributed by atoms with Crippen LogP contribution in [0.25, 0.3) is 0 Å². The maximum atomic E-state index is 12.2. The molecular formula is C18H25NO4. The minimum Gasteiger partial charge on any atom is -0.388 e. The van der Waals surface area contributed by atoms with Crippen LogP contribution in [0.1, 0.15) is 49.4 Å². The van der Waals surface area contributed by atoms with Crippen molar-refractivity contribution >= 4 is 11.7 Å². The number of hydrogen-bond acceptors (Lipinski definition) is 4. The van der Waals surface area contributed by atoms with E-state index in [1.54, 1.807) is 17.0 Å². The number of benzene rings is 1. The molecule has 1 aromatic carbocycles. The van der Waals surface area contributed by atoms with Gasteiger partial charge in [0.2, 0.25) is 5.91 Å². The van der Waals surface area contributed by atoms with Crippen LogP contribution >= 0.6 is 0 Å². The molecule has 0 aliphatic carbocycles. The zero-order chi connectivity index (χ0) is 16.9. The standard InChI is InChI=1S/C18H25NO4/c1-2-18(23)11-12-19(13-16(18)21)17(22)10-6-9-15(20)14-7-4-3-5-8-14/h3-5,7-8,16,21,23H,2,6,9-13H2,1H3/t16-,18-/m1/s1. The smallest absolute Gasteiger partial charge is 0.222 e. The van der Waals surface area contributed by atoms with Crippen molar-refractivity contribution in [1.29, 1.82) is 0 Å². The van der Waals surface area contributed by atoms with Crippen LogP contribution in [0, 0.1) is 0 Å². The van der Waals surface area contributed by atoms with Gasteiger partial charge in [-0.15, -0.1) is 0 Å². The number of aliphatic hydroxyl groups excluding tert-OH is 1. The highest BCUT2D eigenvalue weighted by molar-refractivity contribution is 5.96. The van der Waals surface area contributed by atoms with Crippen LogP contribution in [0.15, 0.2) is 30.3 Å². The Labute approximate surface area is 136 Å². The average Bonchev–Trinajstić information content (AvgIpc) is 2.58. The molecule has 126 valence electrons. The summed E-state index contributed by atoms with van der Waals surface area (Å²) < 4.78 is 0. The van der Waals surface area contributed by atoms with E-state index in [4.69, 9.17) is 0 Å². The highest BCUT2D eigenvalue weighted by atomic mass is 16.3. The molecule has 0 aromatic heterocycles. The summed E-state index contributed by atoms with van der Waals surface area (Å²) in [5.41, 5.74) is -0.415. The van der Waals surface area contributed by atoms with Gasteiger partial charge in [0.05, 0.1) is 5.60 Å². The Bertz CT molecular complexity index is 545. The number of ketones is 1. The molecule has 0 bridgehead atoms. The molecule has 1 amide bonds. The fourth-order valence-corrected chi connectivity index (χ4v) is 2.93. The van der Waals surface area contributed by atoms with E-state index in [1.807, 2.05) is 25.1 Å². The van der Waals surface area contributed by atoms with Crippen LogP contribution in [0.4, 0.5) is 0 Å². The Hall–Kier alpha value is -1.72. The molecule has 2 N–H and O–H groups in total. The number of carbonyl (C=O) groups is 2. The number of hydrogen-bond donors (Lipinski definition) is 2. The van der Waals surface area contributed by atoms with Crippen molar-refractivity contribution in [3.63, 3.8) is 0 Å². The molecule has 2 rings (SSSR count). The molecule has 1 aliphatic heterocycles. The molecule has 5 heteroatoms. The van der Waals surface area contributed by atoms with Crippen LogP contribution in [0.2, 0.25) is 0 Å². The van der Waals surface area contributed by atoms with Gasteiger partial charge in [-0.3, -0.25) is 9.59 Å². The van der Waals surface area contributed by atoms with Crippen molar-refractivity contribution in [2.45, 2.75) is 50.7 Å². The summed E-state index contributed by atoms with van der Waals surface area (Å²) in [4.78, 5) is 25.7. The molecule has 1 fully saturated rings. The van der Waals surface area contributed by atoms with E-state index in [9.17, 15) is 19.8 Å². The fraction of sp³-hybridized carbons (Fsp3) is 0.556. The lowest BCUT2D eigenvalue weighted by Crippen LogP contribution is -2.56. The number of nitrogens with zero attached hydrogens (tertiary/aromatic N) is 1. The minimum absolute atomic E-state index is 0.0393. The lowest BCUT2D eigenvalue weighted by Gasteiger charge is -2.41. The van der Waals surface area contributed by atoms with Gasteiger partial charge in [-0.2, -0.15) is 0 Å². The number of β-amino-alcohol motifs (C(OH)–C–C–N with tert-alkyl or cyclic N) is 1. The van der Waals surface area contributed by atoms with E-state index < -0.39 is 11.7 Å². The van der Waals surface area contributed by atoms with Crippen molar-refractivity contribution in [2.75, 3.05) is 13.1 Å². The van der Waals surface area contributed by atoms with Gasteiger partial charge in [0.1, 0.15) is 6.10 Å². The Morgan fingerprint density at radius 2 is 1.96 bits per heavy atom. The zero-order valence-corrected chi connectivity index (χ0v) is 13.6. The highest BCUT2D eigenvalue weighted by Crippen LogP contribution is 2.26. The van der Waals surface area contributed by atoms with Crippen LogP contribution in [0.3, 0.4) is 0 Å². The van der Waals surface area contributed by atoms with Crippen molar-refractivity contribution in [3.05, 3.63) is 35.9 Å². The fourth-order valence-electron chi connectivity index (χ4n) is 2.93. The summed E-state index contributed by atoms with van der Waals surface area (Å²) in [7, 11) is 0. The second-order valence-corrected chi connectivity index (χ2v) is 6.21. The van der Waals surface area contributed by atoms with E-state index in [0.29, 0.717) is 37.8 Å². The number of rotatable bonds is 6. The molecule has 0 spiro atoms. The first-order chi connectivity index (χ1) is 11.0. The highest BCUT2D eigenvalue weighted by Gasteiger charge is 2.40. The molecule has 0 saturated carbocycles. The predicted octanol–water partition coefficient (Wildman–Crippen LogP) is 1.77. The van der Waals surface area contributed by atoms with Gasteiger partial charge in [-0.1, -0.05) is 37.3 Å². The summed E-state index contributed by atoms with van der Waals surface area (Å²) in [6.07, 6.45) is 1.08. The van der Waals surface area contributed by atoms with E-state index in [1.165, 1.54) is 0 Å². The number of carbonyl (C=O) groups excluding carboxylic acids is 2. The third kappa shape index (κ3) is 4.39. The van der Waals surface area contributed by atoms with Crippen LogP contribution < -0.4 is 0 Å². The second-order valence-electron chi connectivity index (χ2n) is 6.21. The molecule has 1 saturated heterocycles. The first kappa shape index (κ1) is 17.6. The number of aliphatic hydroxyl groups is 2. The first-order valence-corrected chi connectivity index (χ1v) is 8.23. The first-order valence-electron chi connectivity index (χ1n) is 8.23. The summed E-state index contributed by atoms with van der Waals surface area (Å²) in [6.45, 7) is 2.44. The number of amides is 1. The van der Waals surface area contributed by atoms with Crippen LogP contribution in [-0.2, 0) is 4.79 Å². The molecule has 23 heavy (non-hydrogen) atoms. The third-order valence-electron chi connectivity index (χ3n) is 4.68. The Balaban J connectivity index is 1.77. The van der Waals surface area contributed by atoms with Crippen molar-refractivity contribution in [1.82, 2.24) is 4.90 Å². The molecular weight excluding hydrogens is 294 g/mol. The van der Waals surface area contributed by atoms with E-state index in [2.05, 4.69) is 0 Å². The van der Waals surface area contributed by atoms with Gasteiger partial charge in [-0.25, -0.2) is 0 Å². The Morgan fingerprint density at radius 3 is 2.57 bits per heavy atom. The quantitative estimate of drug-likeness (QED) is 0.784. The molecule has 1 heterocycles. The molecule has 0 radical (unpaired) electrons. The van der Waals surface area contributed by atoms with Gasteiger partial charge >= 0.3 is 0 Å². The summed E-state index contributed by atoms with van der Waals surface area (Å²) in [5, 5.41) is 20.2. The monoisotopic (exact) mass is 319 g/mol. The maximum absolute atomic E-state index is 12.2. The van der Waals surface area contributed by atoms with Crippen molar-refractivity contribution < 1.29 is 19.8 Å². The van der Waals surface area contributed by atoms with Gasteiger partial charge in [-0.05, 0) is 19.3 Å². The zero-order valence-electron chi connectivity index (χ0n) is 13.6. The van der Waals surface area contributed by atoms with Gasteiger partial charge in [0.25, 0.3) is 0 Å². The van der Waals surface area contributed by atoms with Crippen LogP contribution in [-0.4, -0.2) is 51.6 Å².